The summed E-state index contributed by atoms with van der Waals surface area (Å²) >= 11 is 1.27. The first-order valence-corrected chi connectivity index (χ1v) is 6.66. The van der Waals surface area contributed by atoms with Crippen LogP contribution in [0.4, 0.5) is 0 Å². The third-order valence-electron chi connectivity index (χ3n) is 2.60. The maximum absolute atomic E-state index is 11.5. The van der Waals surface area contributed by atoms with E-state index in [2.05, 4.69) is 15.5 Å². The Morgan fingerprint density at radius 2 is 2.28 bits per heavy atom. The number of hydrogen-bond donors (Lipinski definition) is 2. The summed E-state index contributed by atoms with van der Waals surface area (Å²) in [5.74, 6) is 0.201. The molecule has 1 aliphatic heterocycles. The second kappa shape index (κ2) is 5.49. The minimum atomic E-state index is -0.414. The van der Waals surface area contributed by atoms with E-state index >= 15 is 0 Å². The van der Waals surface area contributed by atoms with Crippen LogP contribution in [0.15, 0.2) is 5.16 Å². The molecule has 1 saturated heterocycles. The van der Waals surface area contributed by atoms with E-state index in [1.54, 1.807) is 0 Å². The third kappa shape index (κ3) is 2.54. The molecule has 18 heavy (non-hydrogen) atoms. The molecule has 2 rings (SSSR count). The third-order valence-corrected chi connectivity index (χ3v) is 3.77. The lowest BCUT2D eigenvalue weighted by molar-refractivity contribution is -0.124. The lowest BCUT2D eigenvalue weighted by Gasteiger charge is -2.09. The Bertz CT molecular complexity index is 473. The molecule has 1 aromatic heterocycles. The van der Waals surface area contributed by atoms with Gasteiger partial charge in [-0.3, -0.25) is 14.9 Å². The molecule has 7 nitrogen and oxygen atoms in total. The second-order valence-corrected chi connectivity index (χ2v) is 5.15. The fourth-order valence-corrected chi connectivity index (χ4v) is 2.82. The number of nitrogens with two attached hydrogens (primary N) is 1. The minimum absolute atomic E-state index is 0.195. The number of rotatable bonds is 5. The fraction of sp³-hybridized carbons (Fsp3) is 0.600. The van der Waals surface area contributed by atoms with Crippen LogP contribution in [0.5, 0.6) is 0 Å². The van der Waals surface area contributed by atoms with E-state index in [0.29, 0.717) is 17.5 Å². The molecule has 1 aliphatic rings. The van der Waals surface area contributed by atoms with Crippen molar-refractivity contribution >= 4 is 23.6 Å². The van der Waals surface area contributed by atoms with Gasteiger partial charge in [-0.25, -0.2) is 0 Å². The van der Waals surface area contributed by atoms with E-state index in [-0.39, 0.29) is 18.2 Å². The van der Waals surface area contributed by atoms with Gasteiger partial charge in [-0.15, -0.1) is 10.2 Å². The predicted molar refractivity (Wildman–Crippen MR) is 65.6 cm³/mol. The Kier molecular flexibility index (Phi) is 3.97. The Hall–Kier alpha value is -1.41. The van der Waals surface area contributed by atoms with Crippen LogP contribution in [-0.4, -0.2) is 31.8 Å². The maximum Gasteiger partial charge on any atom is 0.240 e. The number of amides is 2. The lowest BCUT2D eigenvalue weighted by atomic mass is 10.4. The fourth-order valence-electron chi connectivity index (χ4n) is 1.76. The van der Waals surface area contributed by atoms with Crippen LogP contribution >= 0.6 is 11.8 Å². The van der Waals surface area contributed by atoms with Gasteiger partial charge in [0.1, 0.15) is 11.1 Å². The van der Waals surface area contributed by atoms with Crippen LogP contribution in [-0.2, 0) is 22.7 Å². The Balaban J connectivity index is 2.16. The maximum atomic E-state index is 11.5. The second-order valence-electron chi connectivity index (χ2n) is 3.98. The first-order chi connectivity index (χ1) is 8.65. The van der Waals surface area contributed by atoms with Gasteiger partial charge in [-0.2, -0.15) is 0 Å². The largest absolute Gasteiger partial charge is 0.324 e. The summed E-state index contributed by atoms with van der Waals surface area (Å²) in [4.78, 5) is 22.6. The highest BCUT2D eigenvalue weighted by atomic mass is 32.2. The van der Waals surface area contributed by atoms with Crippen molar-refractivity contribution in [1.82, 2.24) is 20.1 Å². The number of thioether (sulfide) groups is 1. The Morgan fingerprint density at radius 3 is 2.83 bits per heavy atom. The standard InChI is InChI=1S/C10H15N5O2S/c1-2-3-15-7(5-11)13-14-10(15)18-6-4-8(16)12-9(6)17/h6H,2-5,11H2,1H3,(H,12,16,17). The highest BCUT2D eigenvalue weighted by molar-refractivity contribution is 8.00. The van der Waals surface area contributed by atoms with Crippen LogP contribution in [0.3, 0.4) is 0 Å². The highest BCUT2D eigenvalue weighted by Gasteiger charge is 2.32. The number of nitrogens with one attached hydrogen (secondary N) is 1. The van der Waals surface area contributed by atoms with E-state index in [4.69, 9.17) is 5.73 Å². The number of hydrogen-bond acceptors (Lipinski definition) is 6. The van der Waals surface area contributed by atoms with Crippen molar-refractivity contribution in [3.05, 3.63) is 5.82 Å². The molecule has 0 bridgehead atoms. The van der Waals surface area contributed by atoms with E-state index in [0.717, 1.165) is 13.0 Å². The summed E-state index contributed by atoms with van der Waals surface area (Å²) in [5, 5.41) is 10.5. The zero-order valence-electron chi connectivity index (χ0n) is 10.0. The van der Waals surface area contributed by atoms with Crippen molar-refractivity contribution in [3.8, 4) is 0 Å². The zero-order valence-corrected chi connectivity index (χ0v) is 10.9. The molecule has 1 unspecified atom stereocenters. The number of imide groups is 1. The monoisotopic (exact) mass is 269 g/mol. The van der Waals surface area contributed by atoms with E-state index in [1.165, 1.54) is 11.8 Å². The number of carbonyl (C=O) groups excluding carboxylic acids is 2. The predicted octanol–water partition coefficient (Wildman–Crippen LogP) is -0.346. The molecule has 0 saturated carbocycles. The van der Waals surface area contributed by atoms with Crippen LogP contribution in [0.2, 0.25) is 0 Å². The van der Waals surface area contributed by atoms with E-state index < -0.39 is 5.25 Å². The molecule has 98 valence electrons. The molecule has 2 amide bonds. The van der Waals surface area contributed by atoms with Crippen molar-refractivity contribution in [2.75, 3.05) is 0 Å². The minimum Gasteiger partial charge on any atom is -0.324 e. The summed E-state index contributed by atoms with van der Waals surface area (Å²) in [6, 6.07) is 0. The molecule has 1 fully saturated rings. The van der Waals surface area contributed by atoms with Gasteiger partial charge in [-0.05, 0) is 6.42 Å². The van der Waals surface area contributed by atoms with Crippen LogP contribution < -0.4 is 11.1 Å². The molecule has 0 spiro atoms. The molecular formula is C10H15N5O2S. The lowest BCUT2D eigenvalue weighted by Crippen LogP contribution is -2.23. The van der Waals surface area contributed by atoms with Gasteiger partial charge < -0.3 is 10.3 Å². The van der Waals surface area contributed by atoms with Gasteiger partial charge in [0.25, 0.3) is 0 Å². The Labute approximate surface area is 109 Å². The van der Waals surface area contributed by atoms with E-state index in [1.807, 2.05) is 11.5 Å². The summed E-state index contributed by atoms with van der Waals surface area (Å²) in [5.41, 5.74) is 5.59. The molecule has 3 N–H and O–H groups in total. The van der Waals surface area contributed by atoms with Crippen LogP contribution in [0.25, 0.3) is 0 Å². The average molecular weight is 269 g/mol. The first kappa shape index (κ1) is 13.0. The van der Waals surface area contributed by atoms with Crippen molar-refractivity contribution in [2.24, 2.45) is 5.73 Å². The summed E-state index contributed by atoms with van der Waals surface area (Å²) in [6.07, 6.45) is 1.12. The van der Waals surface area contributed by atoms with Crippen molar-refractivity contribution in [1.29, 1.82) is 0 Å². The van der Waals surface area contributed by atoms with Gasteiger partial charge in [0.05, 0.1) is 6.54 Å². The number of aromatic nitrogens is 3. The van der Waals surface area contributed by atoms with Crippen LogP contribution in [0.1, 0.15) is 25.6 Å². The zero-order chi connectivity index (χ0) is 13.1. The summed E-state index contributed by atoms with van der Waals surface area (Å²) in [6.45, 7) is 3.11. The number of nitrogens with zero attached hydrogens (tertiary/aromatic N) is 3. The number of carbonyl (C=O) groups is 2. The molecule has 2 heterocycles. The first-order valence-electron chi connectivity index (χ1n) is 5.78. The molecular weight excluding hydrogens is 254 g/mol. The summed E-state index contributed by atoms with van der Waals surface area (Å²) < 4.78 is 1.90. The molecule has 0 aromatic carbocycles. The molecule has 8 heteroatoms. The molecule has 1 atom stereocenters. The molecule has 0 aliphatic carbocycles. The van der Waals surface area contributed by atoms with Crippen molar-refractivity contribution in [3.63, 3.8) is 0 Å². The SMILES string of the molecule is CCCn1c(CN)nnc1SC1CC(=O)NC1=O. The Morgan fingerprint density at radius 1 is 1.50 bits per heavy atom. The van der Waals surface area contributed by atoms with Crippen molar-refractivity contribution in [2.45, 2.75) is 43.3 Å². The molecule has 1 aromatic rings. The average Bonchev–Trinajstić information content (AvgIpc) is 2.85. The van der Waals surface area contributed by atoms with Gasteiger partial charge in [-0.1, -0.05) is 18.7 Å². The van der Waals surface area contributed by atoms with Gasteiger partial charge >= 0.3 is 0 Å². The summed E-state index contributed by atoms with van der Waals surface area (Å²) in [7, 11) is 0. The van der Waals surface area contributed by atoms with E-state index in [9.17, 15) is 9.59 Å². The normalized spacial score (nSPS) is 19.3. The van der Waals surface area contributed by atoms with Gasteiger partial charge in [0.2, 0.25) is 11.8 Å². The van der Waals surface area contributed by atoms with Gasteiger partial charge in [0, 0.05) is 13.0 Å². The van der Waals surface area contributed by atoms with Crippen LogP contribution in [0, 0.1) is 0 Å². The smallest absolute Gasteiger partial charge is 0.240 e. The molecule has 0 radical (unpaired) electrons. The highest BCUT2D eigenvalue weighted by Crippen LogP contribution is 2.27. The quantitative estimate of drug-likeness (QED) is 0.708. The topological polar surface area (TPSA) is 103 Å². The van der Waals surface area contributed by atoms with Gasteiger partial charge in [0.15, 0.2) is 5.16 Å². The van der Waals surface area contributed by atoms with Crippen molar-refractivity contribution < 1.29 is 9.59 Å².